The molecule has 1 aliphatic rings. The quantitative estimate of drug-likeness (QED) is 0.617. The number of aryl methyl sites for hydroxylation is 1. The van der Waals surface area contributed by atoms with E-state index in [0.29, 0.717) is 0 Å². The summed E-state index contributed by atoms with van der Waals surface area (Å²) >= 11 is 0. The van der Waals surface area contributed by atoms with E-state index in [4.69, 9.17) is 0 Å². The smallest absolute Gasteiger partial charge is 0.0302 e. The molecule has 0 saturated heterocycles. The van der Waals surface area contributed by atoms with Gasteiger partial charge in [-0.3, -0.25) is 4.98 Å². The van der Waals surface area contributed by atoms with Crippen molar-refractivity contribution in [1.82, 2.24) is 4.98 Å². The van der Waals surface area contributed by atoms with Gasteiger partial charge in [-0.15, -0.1) is 0 Å². The summed E-state index contributed by atoms with van der Waals surface area (Å²) in [6, 6.07) is 2.28. The summed E-state index contributed by atoms with van der Waals surface area (Å²) in [6.07, 6.45) is 9.49. The second-order valence-electron chi connectivity index (χ2n) is 3.78. The Morgan fingerprint density at radius 3 is 2.67 bits per heavy atom. The van der Waals surface area contributed by atoms with Gasteiger partial charge in [0, 0.05) is 12.4 Å². The first-order chi connectivity index (χ1) is 5.86. The molecule has 0 bridgehead atoms. The molecule has 0 aliphatic heterocycles. The number of rotatable bonds is 1. The van der Waals surface area contributed by atoms with Crippen LogP contribution in [0.25, 0.3) is 0 Å². The summed E-state index contributed by atoms with van der Waals surface area (Å²) in [5.41, 5.74) is 2.74. The van der Waals surface area contributed by atoms with Crippen molar-refractivity contribution in [2.24, 2.45) is 0 Å². The second-order valence-corrected chi connectivity index (χ2v) is 3.78. The van der Waals surface area contributed by atoms with E-state index in [1.165, 1.54) is 36.8 Å². The van der Waals surface area contributed by atoms with Crippen LogP contribution in [0.15, 0.2) is 18.5 Å². The third-order valence-corrected chi connectivity index (χ3v) is 2.72. The molecule has 0 aromatic carbocycles. The summed E-state index contributed by atoms with van der Waals surface area (Å²) in [5.74, 6) is 0.803. The van der Waals surface area contributed by atoms with E-state index >= 15 is 0 Å². The lowest BCUT2D eigenvalue weighted by atomic mass is 9.99. The number of pyridine rings is 1. The summed E-state index contributed by atoms with van der Waals surface area (Å²) < 4.78 is 0. The topological polar surface area (TPSA) is 12.9 Å². The minimum Gasteiger partial charge on any atom is -0.264 e. The van der Waals surface area contributed by atoms with Crippen molar-refractivity contribution in [2.75, 3.05) is 0 Å². The monoisotopic (exact) mass is 161 g/mol. The Hall–Kier alpha value is -0.850. The molecule has 1 heteroatoms. The first-order valence-corrected chi connectivity index (χ1v) is 4.78. The molecule has 1 heterocycles. The molecular formula is C11H15N. The summed E-state index contributed by atoms with van der Waals surface area (Å²) in [7, 11) is 0. The van der Waals surface area contributed by atoms with E-state index in [1.54, 1.807) is 0 Å². The number of aromatic nitrogens is 1. The highest BCUT2D eigenvalue weighted by Gasteiger charge is 2.16. The fourth-order valence-electron chi connectivity index (χ4n) is 2.06. The van der Waals surface area contributed by atoms with Crippen LogP contribution in [0.3, 0.4) is 0 Å². The van der Waals surface area contributed by atoms with Crippen LogP contribution in [0.1, 0.15) is 42.7 Å². The highest BCUT2D eigenvalue weighted by Crippen LogP contribution is 2.33. The van der Waals surface area contributed by atoms with Crippen molar-refractivity contribution in [2.45, 2.75) is 38.5 Å². The molecule has 0 spiro atoms. The van der Waals surface area contributed by atoms with E-state index in [9.17, 15) is 0 Å². The Balaban J connectivity index is 2.21. The van der Waals surface area contributed by atoms with Gasteiger partial charge in [-0.05, 0) is 36.8 Å². The first kappa shape index (κ1) is 7.78. The molecule has 1 aromatic rings. The van der Waals surface area contributed by atoms with Crippen molar-refractivity contribution in [3.8, 4) is 0 Å². The molecule has 1 nitrogen and oxygen atoms in total. The molecule has 1 aliphatic carbocycles. The molecule has 12 heavy (non-hydrogen) atoms. The van der Waals surface area contributed by atoms with Gasteiger partial charge in [0.05, 0.1) is 0 Å². The normalized spacial score (nSPS) is 18.4. The van der Waals surface area contributed by atoms with E-state index in [1.807, 2.05) is 12.4 Å². The zero-order valence-corrected chi connectivity index (χ0v) is 7.59. The Morgan fingerprint density at radius 1 is 1.25 bits per heavy atom. The van der Waals surface area contributed by atoms with Crippen molar-refractivity contribution in [1.29, 1.82) is 0 Å². The summed E-state index contributed by atoms with van der Waals surface area (Å²) in [4.78, 5) is 4.23. The first-order valence-electron chi connectivity index (χ1n) is 4.78. The van der Waals surface area contributed by atoms with Gasteiger partial charge in [0.2, 0.25) is 0 Å². The maximum atomic E-state index is 4.23. The van der Waals surface area contributed by atoms with Gasteiger partial charge in [0.25, 0.3) is 0 Å². The van der Waals surface area contributed by atoms with Gasteiger partial charge < -0.3 is 0 Å². The standard InChI is InChI=1S/C11H15N/c1-9-6-11(8-12-7-9)10-4-2-3-5-10/h6-8,10H,2-5H2,1H3. The van der Waals surface area contributed by atoms with Crippen LogP contribution < -0.4 is 0 Å². The molecule has 0 radical (unpaired) electrons. The number of hydrogen-bond acceptors (Lipinski definition) is 1. The van der Waals surface area contributed by atoms with Crippen molar-refractivity contribution >= 4 is 0 Å². The predicted molar refractivity (Wildman–Crippen MR) is 50.2 cm³/mol. The molecular weight excluding hydrogens is 146 g/mol. The fourth-order valence-corrected chi connectivity index (χ4v) is 2.06. The average Bonchev–Trinajstić information content (AvgIpc) is 2.56. The molecule has 1 aromatic heterocycles. The van der Waals surface area contributed by atoms with E-state index in [0.717, 1.165) is 5.92 Å². The third kappa shape index (κ3) is 1.50. The highest BCUT2D eigenvalue weighted by atomic mass is 14.6. The van der Waals surface area contributed by atoms with Crippen molar-refractivity contribution in [3.05, 3.63) is 29.6 Å². The van der Waals surface area contributed by atoms with Gasteiger partial charge >= 0.3 is 0 Å². The predicted octanol–water partition coefficient (Wildman–Crippen LogP) is 3.05. The van der Waals surface area contributed by atoms with Crippen LogP contribution >= 0.6 is 0 Å². The summed E-state index contributed by atoms with van der Waals surface area (Å²) in [6.45, 7) is 2.12. The Morgan fingerprint density at radius 2 is 2.00 bits per heavy atom. The summed E-state index contributed by atoms with van der Waals surface area (Å²) in [5, 5.41) is 0. The van der Waals surface area contributed by atoms with E-state index in [2.05, 4.69) is 18.0 Å². The van der Waals surface area contributed by atoms with E-state index < -0.39 is 0 Å². The maximum Gasteiger partial charge on any atom is 0.0302 e. The third-order valence-electron chi connectivity index (χ3n) is 2.72. The van der Waals surface area contributed by atoms with E-state index in [-0.39, 0.29) is 0 Å². The maximum absolute atomic E-state index is 4.23. The highest BCUT2D eigenvalue weighted by molar-refractivity contribution is 5.21. The van der Waals surface area contributed by atoms with Gasteiger partial charge in [0.1, 0.15) is 0 Å². The molecule has 1 saturated carbocycles. The van der Waals surface area contributed by atoms with Gasteiger partial charge in [-0.2, -0.15) is 0 Å². The minimum absolute atomic E-state index is 0.803. The molecule has 1 fully saturated rings. The lowest BCUT2D eigenvalue weighted by molar-refractivity contribution is 0.718. The second kappa shape index (κ2) is 3.26. The fraction of sp³-hybridized carbons (Fsp3) is 0.545. The van der Waals surface area contributed by atoms with Gasteiger partial charge in [-0.1, -0.05) is 18.9 Å². The molecule has 0 atom stereocenters. The molecule has 0 unspecified atom stereocenters. The minimum atomic E-state index is 0.803. The lowest BCUT2D eigenvalue weighted by Gasteiger charge is -2.08. The molecule has 0 amide bonds. The van der Waals surface area contributed by atoms with Crippen LogP contribution in [0.4, 0.5) is 0 Å². The molecule has 0 N–H and O–H groups in total. The SMILES string of the molecule is Cc1cncc(C2CCCC2)c1. The Bertz CT molecular complexity index is 261. The van der Waals surface area contributed by atoms with Crippen LogP contribution in [0.5, 0.6) is 0 Å². The molecule has 64 valence electrons. The van der Waals surface area contributed by atoms with Crippen molar-refractivity contribution < 1.29 is 0 Å². The Labute approximate surface area is 73.8 Å². The van der Waals surface area contributed by atoms with Crippen LogP contribution in [-0.4, -0.2) is 4.98 Å². The Kier molecular flexibility index (Phi) is 2.11. The lowest BCUT2D eigenvalue weighted by Crippen LogP contribution is -1.93. The number of nitrogens with zero attached hydrogens (tertiary/aromatic N) is 1. The van der Waals surface area contributed by atoms with Gasteiger partial charge in [0.15, 0.2) is 0 Å². The zero-order valence-electron chi connectivity index (χ0n) is 7.59. The zero-order chi connectivity index (χ0) is 8.39. The van der Waals surface area contributed by atoms with Crippen LogP contribution in [0, 0.1) is 6.92 Å². The average molecular weight is 161 g/mol. The number of hydrogen-bond donors (Lipinski definition) is 0. The largest absolute Gasteiger partial charge is 0.264 e. The van der Waals surface area contributed by atoms with Crippen molar-refractivity contribution in [3.63, 3.8) is 0 Å². The van der Waals surface area contributed by atoms with Crippen LogP contribution in [-0.2, 0) is 0 Å². The molecule has 2 rings (SSSR count). The van der Waals surface area contributed by atoms with Crippen LogP contribution in [0.2, 0.25) is 0 Å². The van der Waals surface area contributed by atoms with Gasteiger partial charge in [-0.25, -0.2) is 0 Å².